The third-order valence-corrected chi connectivity index (χ3v) is 10.7. The number of halogens is 3. The van der Waals surface area contributed by atoms with Crippen LogP contribution in [0.3, 0.4) is 0 Å². The highest BCUT2D eigenvalue weighted by Crippen LogP contribution is 2.49. The van der Waals surface area contributed by atoms with Crippen LogP contribution in [0.25, 0.3) is 0 Å². The van der Waals surface area contributed by atoms with Crippen molar-refractivity contribution < 1.29 is 32.9 Å². The molecule has 0 radical (unpaired) electrons. The van der Waals surface area contributed by atoms with Gasteiger partial charge in [-0.1, -0.05) is 124 Å². The third-order valence-electron chi connectivity index (χ3n) is 10.7. The zero-order valence-corrected chi connectivity index (χ0v) is 38.5. The van der Waals surface area contributed by atoms with E-state index in [1.165, 1.54) is 6.21 Å². The second kappa shape index (κ2) is 18.4. The summed E-state index contributed by atoms with van der Waals surface area (Å²) in [6.45, 7) is 35.2. The number of rotatable bonds is 15. The van der Waals surface area contributed by atoms with E-state index in [0.29, 0.717) is 30.8 Å². The Morgan fingerprint density at radius 1 is 0.621 bits per heavy atom. The molecular formula is C50H74F3NO4. The van der Waals surface area contributed by atoms with Crippen molar-refractivity contribution in [3.8, 4) is 17.2 Å². The lowest BCUT2D eigenvalue weighted by molar-refractivity contribution is -0.137. The summed E-state index contributed by atoms with van der Waals surface area (Å²) >= 11 is 0. The molecule has 1 atom stereocenters. The minimum Gasteiger partial charge on any atom is -0.507 e. The predicted molar refractivity (Wildman–Crippen MR) is 235 cm³/mol. The van der Waals surface area contributed by atoms with Gasteiger partial charge in [0.05, 0.1) is 24.8 Å². The number of aliphatic hydroxyl groups is 1. The van der Waals surface area contributed by atoms with E-state index in [2.05, 4.69) is 121 Å². The lowest BCUT2D eigenvalue weighted by Crippen LogP contribution is -2.42. The second-order valence-corrected chi connectivity index (χ2v) is 20.7. The van der Waals surface area contributed by atoms with E-state index in [1.807, 2.05) is 13.8 Å². The first kappa shape index (κ1) is 48.8. The van der Waals surface area contributed by atoms with Crippen molar-refractivity contribution in [3.05, 3.63) is 87.0 Å². The van der Waals surface area contributed by atoms with Crippen LogP contribution in [0.5, 0.6) is 17.2 Å². The fourth-order valence-electron chi connectivity index (χ4n) is 7.22. The molecule has 0 saturated heterocycles. The first-order chi connectivity index (χ1) is 26.5. The number of alkyl halides is 3. The number of phenolic OH excluding ortho intramolecular Hbond substituents is 1. The molecule has 0 spiro atoms. The van der Waals surface area contributed by atoms with E-state index in [0.717, 1.165) is 77.6 Å². The maximum absolute atomic E-state index is 14.1. The fraction of sp³-hybridized carbons (Fsp3) is 0.620. The number of aliphatic imine (C=N–C) groups is 1. The average molecular weight is 810 g/mol. The molecule has 0 aliphatic carbocycles. The normalized spacial score (nSPS) is 14.1. The highest BCUT2D eigenvalue weighted by molar-refractivity contribution is 5.84. The number of nitrogens with zero attached hydrogens (tertiary/aromatic N) is 1. The molecule has 0 bridgehead atoms. The number of phenols is 1. The van der Waals surface area contributed by atoms with Crippen LogP contribution in [0.2, 0.25) is 0 Å². The first-order valence-corrected chi connectivity index (χ1v) is 21.3. The summed E-state index contributed by atoms with van der Waals surface area (Å²) in [6, 6.07) is 10.1. The van der Waals surface area contributed by atoms with Gasteiger partial charge in [-0.15, -0.1) is 0 Å². The lowest BCUT2D eigenvalue weighted by atomic mass is 9.69. The maximum atomic E-state index is 14.1. The molecule has 0 amide bonds. The van der Waals surface area contributed by atoms with Gasteiger partial charge in [-0.05, 0) is 100 Å². The van der Waals surface area contributed by atoms with E-state index in [-0.39, 0.29) is 17.2 Å². The average Bonchev–Trinajstić information content (AvgIpc) is 3.07. The maximum Gasteiger partial charge on any atom is 0.416 e. The molecule has 0 saturated carbocycles. The summed E-state index contributed by atoms with van der Waals surface area (Å²) in [6.07, 6.45) is 0.798. The van der Waals surface area contributed by atoms with Gasteiger partial charge in [0.2, 0.25) is 0 Å². The Labute approximate surface area is 348 Å². The molecule has 5 nitrogen and oxygen atoms in total. The van der Waals surface area contributed by atoms with Gasteiger partial charge in [-0.3, -0.25) is 4.99 Å². The summed E-state index contributed by atoms with van der Waals surface area (Å²) in [5, 5.41) is 25.0. The second-order valence-electron chi connectivity index (χ2n) is 20.7. The van der Waals surface area contributed by atoms with E-state index < -0.39 is 45.0 Å². The van der Waals surface area contributed by atoms with Gasteiger partial charge in [0, 0.05) is 34.0 Å². The Hall–Kier alpha value is -3.52. The molecule has 0 aromatic heterocycles. The van der Waals surface area contributed by atoms with E-state index >= 15 is 0 Å². The summed E-state index contributed by atoms with van der Waals surface area (Å²) in [4.78, 5) is 5.01. The Morgan fingerprint density at radius 3 is 1.31 bits per heavy atom. The minimum atomic E-state index is -4.62. The Bertz CT molecular complexity index is 1700. The van der Waals surface area contributed by atoms with E-state index in [9.17, 15) is 23.4 Å². The molecule has 0 heterocycles. The number of benzene rings is 3. The molecule has 2 N–H and O–H groups in total. The third kappa shape index (κ3) is 11.8. The topological polar surface area (TPSA) is 71.3 Å². The molecule has 324 valence electrons. The van der Waals surface area contributed by atoms with Gasteiger partial charge in [0.25, 0.3) is 0 Å². The summed E-state index contributed by atoms with van der Waals surface area (Å²) in [5.41, 5.74) is 0.605. The molecule has 0 fully saturated rings. The van der Waals surface area contributed by atoms with Crippen LogP contribution in [-0.2, 0) is 33.4 Å². The van der Waals surface area contributed by atoms with Gasteiger partial charge < -0.3 is 19.7 Å². The van der Waals surface area contributed by atoms with Crippen molar-refractivity contribution in [3.63, 3.8) is 0 Å². The number of hydrogen-bond donors (Lipinski definition) is 2. The Morgan fingerprint density at radius 2 is 1.00 bits per heavy atom. The Balaban J connectivity index is 2.68. The quantitative estimate of drug-likeness (QED) is 0.118. The van der Waals surface area contributed by atoms with Crippen molar-refractivity contribution in [1.29, 1.82) is 0 Å². The molecule has 8 heteroatoms. The summed E-state index contributed by atoms with van der Waals surface area (Å²) < 4.78 is 55.1. The first-order valence-electron chi connectivity index (χ1n) is 21.3. The molecule has 1 unspecified atom stereocenters. The molecular weight excluding hydrogens is 736 g/mol. The van der Waals surface area contributed by atoms with E-state index in [1.54, 1.807) is 0 Å². The molecule has 0 aliphatic heterocycles. The van der Waals surface area contributed by atoms with E-state index in [4.69, 9.17) is 14.5 Å². The van der Waals surface area contributed by atoms with Gasteiger partial charge in [0.1, 0.15) is 22.8 Å². The van der Waals surface area contributed by atoms with Gasteiger partial charge in [0.15, 0.2) is 0 Å². The summed E-state index contributed by atoms with van der Waals surface area (Å²) in [5.74, 6) is 1.30. The van der Waals surface area contributed by atoms with Crippen LogP contribution >= 0.6 is 0 Å². The monoisotopic (exact) mass is 810 g/mol. The minimum absolute atomic E-state index is 0.0189. The molecule has 3 rings (SSSR count). The lowest BCUT2D eigenvalue weighted by Gasteiger charge is -2.41. The van der Waals surface area contributed by atoms with Crippen molar-refractivity contribution >= 4 is 6.21 Å². The highest BCUT2D eigenvalue weighted by Gasteiger charge is 2.45. The van der Waals surface area contributed by atoms with Crippen LogP contribution in [0.4, 0.5) is 13.2 Å². The SMILES string of the molecule is CCCCOc1c(C(C)(C)C)cc(C(O)(c2cc(C(C)(C)C)c(OCCCC)c(C(C)(C)C)c2)C(CC(C)C)N=Cc2cc(C(F)(F)F)ccc2O)cc1C(C)(C)C. The molecule has 3 aromatic rings. The molecule has 3 aromatic carbocycles. The number of hydrogen-bond acceptors (Lipinski definition) is 5. The van der Waals surface area contributed by atoms with Crippen molar-refractivity contribution in [1.82, 2.24) is 0 Å². The number of unbranched alkanes of at least 4 members (excludes halogenated alkanes) is 2. The zero-order chi connectivity index (χ0) is 44.2. The predicted octanol–water partition coefficient (Wildman–Crippen LogP) is 13.7. The van der Waals surface area contributed by atoms with Crippen molar-refractivity contribution in [2.24, 2.45) is 10.9 Å². The number of aromatic hydroxyl groups is 1. The largest absolute Gasteiger partial charge is 0.507 e. The molecule has 0 aliphatic rings. The van der Waals surface area contributed by atoms with Crippen LogP contribution < -0.4 is 9.47 Å². The van der Waals surface area contributed by atoms with Crippen molar-refractivity contribution in [2.45, 2.75) is 182 Å². The summed E-state index contributed by atoms with van der Waals surface area (Å²) in [7, 11) is 0. The van der Waals surface area contributed by atoms with Crippen LogP contribution in [-0.4, -0.2) is 35.7 Å². The van der Waals surface area contributed by atoms with Crippen LogP contribution in [0, 0.1) is 5.92 Å². The number of ether oxygens (including phenoxy) is 2. The van der Waals surface area contributed by atoms with Crippen LogP contribution in [0.1, 0.15) is 187 Å². The van der Waals surface area contributed by atoms with Crippen molar-refractivity contribution in [2.75, 3.05) is 13.2 Å². The standard InChI is InChI=1S/C50H74F3NO4/c1-17-19-23-57-43-37(45(5,6)7)27-35(28-38(43)46(8,9)10)49(56,42(25-32(3)4)54-31-33-26-34(50(51,52)53)21-22-41(33)55)36-29-39(47(11,12)13)44(58-24-20-18-2)40(30-36)48(14,15)16/h21-22,26-32,42,55-56H,17-20,23-25H2,1-16H3. The van der Waals surface area contributed by atoms with Gasteiger partial charge in [-0.25, -0.2) is 0 Å². The van der Waals surface area contributed by atoms with Gasteiger partial charge in [-0.2, -0.15) is 13.2 Å². The van der Waals surface area contributed by atoms with Gasteiger partial charge >= 0.3 is 6.18 Å². The highest BCUT2D eigenvalue weighted by atomic mass is 19.4. The smallest absolute Gasteiger partial charge is 0.416 e. The zero-order valence-electron chi connectivity index (χ0n) is 38.5. The Kier molecular flexibility index (Phi) is 15.5. The fourth-order valence-corrected chi connectivity index (χ4v) is 7.22. The van der Waals surface area contributed by atoms with Crippen LogP contribution in [0.15, 0.2) is 47.5 Å². The molecule has 58 heavy (non-hydrogen) atoms.